The topological polar surface area (TPSA) is 61.8 Å². The second kappa shape index (κ2) is 8.68. The average Bonchev–Trinajstić information content (AvgIpc) is 2.60. The van der Waals surface area contributed by atoms with Gasteiger partial charge in [-0.15, -0.1) is 0 Å². The number of carbonyl (C=O) groups excluding carboxylic acids is 1. The van der Waals surface area contributed by atoms with E-state index in [0.29, 0.717) is 25.8 Å². The molecule has 2 fully saturated rings. The summed E-state index contributed by atoms with van der Waals surface area (Å²) in [5.74, 6) is 0.754. The molecule has 0 unspecified atom stereocenters. The van der Waals surface area contributed by atoms with Crippen LogP contribution >= 0.6 is 0 Å². The normalized spacial score (nSPS) is 27.1. The molecule has 2 N–H and O–H groups in total. The summed E-state index contributed by atoms with van der Waals surface area (Å²) in [6, 6.07) is 7.71. The zero-order valence-corrected chi connectivity index (χ0v) is 15.1. The lowest BCUT2D eigenvalue weighted by atomic mass is 9.89. The summed E-state index contributed by atoms with van der Waals surface area (Å²) in [5, 5.41) is 12.7. The van der Waals surface area contributed by atoms with E-state index in [1.54, 1.807) is 4.90 Å². The number of hydrogen-bond acceptors (Lipinski definition) is 3. The number of urea groups is 1. The molecule has 1 aromatic carbocycles. The van der Waals surface area contributed by atoms with Gasteiger partial charge in [0.1, 0.15) is 0 Å². The lowest BCUT2D eigenvalue weighted by molar-refractivity contribution is 0.00468. The van der Waals surface area contributed by atoms with Gasteiger partial charge in [0.15, 0.2) is 0 Å². The van der Waals surface area contributed by atoms with Crippen molar-refractivity contribution in [2.75, 3.05) is 18.4 Å². The van der Waals surface area contributed by atoms with Crippen LogP contribution in [0.15, 0.2) is 24.3 Å². The number of likely N-dealkylation sites (tertiary alicyclic amines) is 1. The maximum Gasteiger partial charge on any atom is 0.321 e. The first-order chi connectivity index (χ1) is 12.1. The van der Waals surface area contributed by atoms with Crippen LogP contribution in [0.3, 0.4) is 0 Å². The van der Waals surface area contributed by atoms with Crippen LogP contribution in [0.4, 0.5) is 10.5 Å². The number of nitrogens with zero attached hydrogens (tertiary/aromatic N) is 1. The van der Waals surface area contributed by atoms with E-state index in [9.17, 15) is 9.90 Å². The summed E-state index contributed by atoms with van der Waals surface area (Å²) >= 11 is 0. The number of ether oxygens (including phenoxy) is 1. The van der Waals surface area contributed by atoms with E-state index in [4.69, 9.17) is 4.74 Å². The van der Waals surface area contributed by atoms with Crippen molar-refractivity contribution in [1.82, 2.24) is 4.90 Å². The Hall–Kier alpha value is -1.59. The predicted molar refractivity (Wildman–Crippen MR) is 98.5 cm³/mol. The number of aliphatic hydroxyl groups excluding tert-OH is 1. The fraction of sp³-hybridized carbons (Fsp3) is 0.650. The third kappa shape index (κ3) is 5.44. The Kier molecular flexibility index (Phi) is 6.32. The molecule has 1 saturated carbocycles. The monoisotopic (exact) mass is 346 g/mol. The highest BCUT2D eigenvalue weighted by molar-refractivity contribution is 5.89. The van der Waals surface area contributed by atoms with Crippen LogP contribution in [0.25, 0.3) is 0 Å². The first-order valence-electron chi connectivity index (χ1n) is 9.54. The van der Waals surface area contributed by atoms with Gasteiger partial charge >= 0.3 is 6.03 Å². The third-order valence-corrected chi connectivity index (χ3v) is 5.24. The van der Waals surface area contributed by atoms with Gasteiger partial charge in [-0.05, 0) is 49.3 Å². The molecule has 25 heavy (non-hydrogen) atoms. The maximum absolute atomic E-state index is 12.3. The van der Waals surface area contributed by atoms with E-state index in [-0.39, 0.29) is 6.03 Å². The molecule has 0 bridgehead atoms. The van der Waals surface area contributed by atoms with Crippen LogP contribution in [0, 0.1) is 5.92 Å². The molecule has 1 aliphatic carbocycles. The maximum atomic E-state index is 12.3. The molecule has 138 valence electrons. The lowest BCUT2D eigenvalue weighted by Crippen LogP contribution is -2.44. The minimum Gasteiger partial charge on any atom is -0.391 e. The SMILES string of the molecule is C[C@@H]1CCC[C@H](OCc2cccc(NC(=O)N3CCC[C@@H](O)C3)c2)C1. The molecule has 0 aromatic heterocycles. The van der Waals surface area contributed by atoms with Gasteiger partial charge in [-0.2, -0.15) is 0 Å². The second-order valence-electron chi connectivity index (χ2n) is 7.58. The zero-order valence-electron chi connectivity index (χ0n) is 15.1. The van der Waals surface area contributed by atoms with Crippen LogP contribution in [0.2, 0.25) is 0 Å². The summed E-state index contributed by atoms with van der Waals surface area (Å²) < 4.78 is 6.07. The molecule has 2 aliphatic rings. The van der Waals surface area contributed by atoms with Crippen molar-refractivity contribution in [3.8, 4) is 0 Å². The Morgan fingerprint density at radius 2 is 2.20 bits per heavy atom. The first kappa shape index (κ1) is 18.2. The average molecular weight is 346 g/mol. The highest BCUT2D eigenvalue weighted by atomic mass is 16.5. The van der Waals surface area contributed by atoms with Gasteiger partial charge in [0.2, 0.25) is 0 Å². The molecule has 1 heterocycles. The van der Waals surface area contributed by atoms with Crippen LogP contribution in [-0.2, 0) is 11.3 Å². The van der Waals surface area contributed by atoms with Crippen LogP contribution in [0.5, 0.6) is 0 Å². The lowest BCUT2D eigenvalue weighted by Gasteiger charge is -2.30. The number of benzene rings is 1. The molecule has 5 nitrogen and oxygen atoms in total. The van der Waals surface area contributed by atoms with Crippen molar-refractivity contribution >= 4 is 11.7 Å². The minimum absolute atomic E-state index is 0.141. The summed E-state index contributed by atoms with van der Waals surface area (Å²) in [7, 11) is 0. The van der Waals surface area contributed by atoms with E-state index in [1.807, 2.05) is 24.3 Å². The molecule has 1 aliphatic heterocycles. The molecule has 0 radical (unpaired) electrons. The molecule has 1 aromatic rings. The largest absolute Gasteiger partial charge is 0.391 e. The molecular formula is C20H30N2O3. The number of piperidine rings is 1. The minimum atomic E-state index is -0.405. The standard InChI is InChI=1S/C20H30N2O3/c1-15-5-2-9-19(11-15)25-14-16-6-3-7-17(12-16)21-20(24)22-10-4-8-18(23)13-22/h3,6-7,12,15,18-19,23H,2,4-5,8-11,13-14H2,1H3,(H,21,24)/t15-,18-,19+/m1/s1. The van der Waals surface area contributed by atoms with Crippen molar-refractivity contribution in [1.29, 1.82) is 0 Å². The van der Waals surface area contributed by atoms with Gasteiger partial charge in [0, 0.05) is 18.8 Å². The molecule has 3 atom stereocenters. The predicted octanol–water partition coefficient (Wildman–Crippen LogP) is 3.77. The van der Waals surface area contributed by atoms with E-state index < -0.39 is 6.10 Å². The number of aliphatic hydroxyl groups is 1. The number of β-amino-alcohol motifs (C(OH)–C–C–N with tert-alkyl or cyclic N) is 1. The molecule has 1 saturated heterocycles. The quantitative estimate of drug-likeness (QED) is 0.872. The molecule has 5 heteroatoms. The number of anilines is 1. The van der Waals surface area contributed by atoms with E-state index in [1.165, 1.54) is 12.8 Å². The summed E-state index contributed by atoms with van der Waals surface area (Å²) in [5.41, 5.74) is 1.86. The van der Waals surface area contributed by atoms with E-state index in [2.05, 4.69) is 12.2 Å². The zero-order chi connectivity index (χ0) is 17.6. The van der Waals surface area contributed by atoms with Gasteiger partial charge in [0.25, 0.3) is 0 Å². The highest BCUT2D eigenvalue weighted by Crippen LogP contribution is 2.26. The summed E-state index contributed by atoms with van der Waals surface area (Å²) in [4.78, 5) is 14.0. The smallest absolute Gasteiger partial charge is 0.321 e. The second-order valence-corrected chi connectivity index (χ2v) is 7.58. The fourth-order valence-electron chi connectivity index (χ4n) is 3.82. The van der Waals surface area contributed by atoms with Crippen LogP contribution in [0.1, 0.15) is 51.0 Å². The number of hydrogen-bond donors (Lipinski definition) is 2. The number of amides is 2. The van der Waals surface area contributed by atoms with Crippen molar-refractivity contribution in [3.05, 3.63) is 29.8 Å². The molecule has 0 spiro atoms. The molecule has 3 rings (SSSR count). The molecular weight excluding hydrogens is 316 g/mol. The van der Waals surface area contributed by atoms with Crippen molar-refractivity contribution in [2.24, 2.45) is 5.92 Å². The number of carbonyl (C=O) groups is 1. The van der Waals surface area contributed by atoms with Gasteiger partial charge < -0.3 is 20.1 Å². The van der Waals surface area contributed by atoms with Gasteiger partial charge in [-0.3, -0.25) is 0 Å². The Morgan fingerprint density at radius 3 is 3.00 bits per heavy atom. The van der Waals surface area contributed by atoms with E-state index in [0.717, 1.165) is 42.9 Å². The van der Waals surface area contributed by atoms with E-state index >= 15 is 0 Å². The van der Waals surface area contributed by atoms with Gasteiger partial charge in [-0.25, -0.2) is 4.79 Å². The van der Waals surface area contributed by atoms with Crippen LogP contribution in [-0.4, -0.2) is 41.3 Å². The van der Waals surface area contributed by atoms with Gasteiger partial charge in [-0.1, -0.05) is 31.9 Å². The Morgan fingerprint density at radius 1 is 1.32 bits per heavy atom. The highest BCUT2D eigenvalue weighted by Gasteiger charge is 2.22. The fourth-order valence-corrected chi connectivity index (χ4v) is 3.82. The summed E-state index contributed by atoms with van der Waals surface area (Å²) in [6.45, 7) is 3.99. The first-order valence-corrected chi connectivity index (χ1v) is 9.54. The summed E-state index contributed by atoms with van der Waals surface area (Å²) in [6.07, 6.45) is 6.44. The Bertz CT molecular complexity index is 578. The van der Waals surface area contributed by atoms with Crippen molar-refractivity contribution in [3.63, 3.8) is 0 Å². The number of rotatable bonds is 4. The van der Waals surface area contributed by atoms with Crippen molar-refractivity contribution < 1.29 is 14.6 Å². The van der Waals surface area contributed by atoms with Crippen molar-refractivity contribution in [2.45, 2.75) is 64.3 Å². The Labute approximate surface area is 150 Å². The van der Waals surface area contributed by atoms with Crippen LogP contribution < -0.4 is 5.32 Å². The number of nitrogens with one attached hydrogen (secondary N) is 1. The third-order valence-electron chi connectivity index (χ3n) is 5.24. The Balaban J connectivity index is 1.51. The molecule has 2 amide bonds. The van der Waals surface area contributed by atoms with Gasteiger partial charge in [0.05, 0.1) is 18.8 Å².